The lowest BCUT2D eigenvalue weighted by atomic mass is 9.89. The number of ether oxygens (including phenoxy) is 1. The molecular formula is C27H25F2N5O2. The van der Waals surface area contributed by atoms with Gasteiger partial charge in [0.15, 0.2) is 0 Å². The van der Waals surface area contributed by atoms with Gasteiger partial charge in [-0.05, 0) is 50.3 Å². The number of hydrogen-bond donors (Lipinski definition) is 0. The number of nitrogens with zero attached hydrogens (tertiary/aromatic N) is 5. The molecule has 2 fully saturated rings. The van der Waals surface area contributed by atoms with Crippen LogP contribution >= 0.6 is 0 Å². The first-order valence-corrected chi connectivity index (χ1v) is 12.6. The Morgan fingerprint density at radius 3 is 2.81 bits per heavy atom. The summed E-state index contributed by atoms with van der Waals surface area (Å²) in [4.78, 5) is 23.1. The van der Waals surface area contributed by atoms with Gasteiger partial charge in [0.05, 0.1) is 29.4 Å². The first-order chi connectivity index (χ1) is 17.5. The van der Waals surface area contributed by atoms with Crippen LogP contribution in [-0.2, 0) is 17.7 Å². The van der Waals surface area contributed by atoms with Gasteiger partial charge < -0.3 is 4.74 Å². The number of halogens is 2. The highest BCUT2D eigenvalue weighted by molar-refractivity contribution is 5.91. The first kappa shape index (κ1) is 21.8. The van der Waals surface area contributed by atoms with Crippen LogP contribution in [0.1, 0.15) is 67.2 Å². The monoisotopic (exact) mass is 489 g/mol. The highest BCUT2D eigenvalue weighted by Crippen LogP contribution is 2.40. The van der Waals surface area contributed by atoms with Crippen LogP contribution in [0.5, 0.6) is 0 Å². The largest absolute Gasteiger partial charge is 0.373 e. The SMILES string of the molecule is O=c1c2cc(C3CCOC(c4cnn(C5CC5)c4)C3)nc(-c3ccc(F)cc3F)c2nc2n1CCC2. The number of pyridine rings is 1. The van der Waals surface area contributed by atoms with E-state index in [1.165, 1.54) is 12.1 Å². The summed E-state index contributed by atoms with van der Waals surface area (Å²) in [5.41, 5.74) is 2.42. The number of aryl methyl sites for hydroxylation is 1. The van der Waals surface area contributed by atoms with Gasteiger partial charge >= 0.3 is 0 Å². The van der Waals surface area contributed by atoms with Crippen LogP contribution in [0.4, 0.5) is 8.78 Å². The van der Waals surface area contributed by atoms with E-state index < -0.39 is 11.6 Å². The fourth-order valence-corrected chi connectivity index (χ4v) is 5.54. The minimum absolute atomic E-state index is 0.0114. The Morgan fingerprint density at radius 2 is 1.97 bits per heavy atom. The van der Waals surface area contributed by atoms with E-state index in [0.717, 1.165) is 37.3 Å². The topological polar surface area (TPSA) is 74.8 Å². The fraction of sp³-hybridized carbons (Fsp3) is 0.407. The van der Waals surface area contributed by atoms with Crippen LogP contribution in [-0.4, -0.2) is 30.9 Å². The average Bonchev–Trinajstić information content (AvgIpc) is 3.41. The van der Waals surface area contributed by atoms with Crippen molar-refractivity contribution in [2.45, 2.75) is 63.1 Å². The average molecular weight is 490 g/mol. The standard InChI is InChI=1S/C27H25F2N5O2/c28-17-3-6-19(21(29)11-17)25-26-20(27(35)33-8-1-2-24(33)32-26)12-22(31-25)15-7-9-36-23(10-15)16-13-30-34(14-16)18-4-5-18/h3,6,11-15,18,23H,1-2,4-5,7-10H2. The van der Waals surface area contributed by atoms with E-state index >= 15 is 0 Å². The van der Waals surface area contributed by atoms with E-state index in [1.807, 2.05) is 16.9 Å². The Balaban J connectivity index is 1.34. The molecule has 1 saturated heterocycles. The van der Waals surface area contributed by atoms with Crippen molar-refractivity contribution in [3.63, 3.8) is 0 Å². The van der Waals surface area contributed by atoms with E-state index in [2.05, 4.69) is 11.3 Å². The summed E-state index contributed by atoms with van der Waals surface area (Å²) < 4.78 is 38.5. The Morgan fingerprint density at radius 1 is 1.08 bits per heavy atom. The molecule has 2 atom stereocenters. The number of fused-ring (bicyclic) bond motifs is 2. The second-order valence-corrected chi connectivity index (χ2v) is 10.1. The zero-order valence-corrected chi connectivity index (χ0v) is 19.7. The Kier molecular flexibility index (Phi) is 5.02. The summed E-state index contributed by atoms with van der Waals surface area (Å²) in [6, 6.07) is 5.75. The molecule has 0 amide bonds. The molecule has 2 aliphatic heterocycles. The van der Waals surface area contributed by atoms with Gasteiger partial charge in [0, 0.05) is 54.6 Å². The molecule has 3 aromatic heterocycles. The molecule has 184 valence electrons. The van der Waals surface area contributed by atoms with Crippen molar-refractivity contribution in [1.29, 1.82) is 0 Å². The highest BCUT2D eigenvalue weighted by Gasteiger charge is 2.31. The summed E-state index contributed by atoms with van der Waals surface area (Å²) in [6.45, 7) is 1.17. The van der Waals surface area contributed by atoms with Gasteiger partial charge in [-0.25, -0.2) is 13.8 Å². The molecule has 2 unspecified atom stereocenters. The molecule has 7 nitrogen and oxygen atoms in total. The van der Waals surface area contributed by atoms with Crippen molar-refractivity contribution >= 4 is 10.9 Å². The predicted molar refractivity (Wildman–Crippen MR) is 129 cm³/mol. The van der Waals surface area contributed by atoms with Gasteiger partial charge in [0.25, 0.3) is 5.56 Å². The zero-order valence-electron chi connectivity index (χ0n) is 19.7. The van der Waals surface area contributed by atoms with E-state index in [0.29, 0.717) is 54.5 Å². The molecule has 0 spiro atoms. The summed E-state index contributed by atoms with van der Waals surface area (Å²) in [7, 11) is 0. The maximum absolute atomic E-state index is 14.9. The van der Waals surface area contributed by atoms with E-state index in [-0.39, 0.29) is 28.8 Å². The third kappa shape index (κ3) is 3.64. The van der Waals surface area contributed by atoms with Gasteiger partial charge in [-0.1, -0.05) is 0 Å². The van der Waals surface area contributed by atoms with Crippen LogP contribution in [0.15, 0.2) is 41.5 Å². The lowest BCUT2D eigenvalue weighted by Gasteiger charge is -2.29. The number of rotatable bonds is 4. The van der Waals surface area contributed by atoms with Crippen molar-refractivity contribution < 1.29 is 13.5 Å². The second kappa shape index (κ2) is 8.30. The smallest absolute Gasteiger partial charge is 0.261 e. The molecule has 9 heteroatoms. The third-order valence-electron chi connectivity index (χ3n) is 7.63. The Bertz CT molecular complexity index is 1560. The minimum atomic E-state index is -0.722. The molecule has 36 heavy (non-hydrogen) atoms. The van der Waals surface area contributed by atoms with Crippen molar-refractivity contribution in [3.05, 3.63) is 75.7 Å². The van der Waals surface area contributed by atoms with Crippen LogP contribution in [0.25, 0.3) is 22.2 Å². The molecule has 5 heterocycles. The van der Waals surface area contributed by atoms with E-state index in [4.69, 9.17) is 14.7 Å². The summed E-state index contributed by atoms with van der Waals surface area (Å²) in [6.07, 6.45) is 9.08. The third-order valence-corrected chi connectivity index (χ3v) is 7.63. The lowest BCUT2D eigenvalue weighted by Crippen LogP contribution is -2.23. The van der Waals surface area contributed by atoms with Crippen molar-refractivity contribution in [1.82, 2.24) is 24.3 Å². The lowest BCUT2D eigenvalue weighted by molar-refractivity contribution is 0.00463. The summed E-state index contributed by atoms with van der Waals surface area (Å²) in [5, 5.41) is 4.93. The van der Waals surface area contributed by atoms with Crippen LogP contribution < -0.4 is 5.56 Å². The predicted octanol–water partition coefficient (Wildman–Crippen LogP) is 4.85. The maximum Gasteiger partial charge on any atom is 0.261 e. The molecular weight excluding hydrogens is 464 g/mol. The number of aromatic nitrogens is 5. The van der Waals surface area contributed by atoms with Gasteiger partial charge in [-0.2, -0.15) is 5.10 Å². The van der Waals surface area contributed by atoms with Crippen molar-refractivity contribution in [3.8, 4) is 11.3 Å². The van der Waals surface area contributed by atoms with Crippen LogP contribution in [0.2, 0.25) is 0 Å². The molecule has 1 aromatic carbocycles. The van der Waals surface area contributed by atoms with Crippen molar-refractivity contribution in [2.24, 2.45) is 0 Å². The van der Waals surface area contributed by atoms with Crippen LogP contribution in [0, 0.1) is 11.6 Å². The molecule has 0 radical (unpaired) electrons. The number of benzene rings is 1. The molecule has 0 bridgehead atoms. The van der Waals surface area contributed by atoms with Gasteiger partial charge in [0.2, 0.25) is 0 Å². The van der Waals surface area contributed by atoms with Crippen molar-refractivity contribution in [2.75, 3.05) is 6.61 Å². The first-order valence-electron chi connectivity index (χ1n) is 12.6. The highest BCUT2D eigenvalue weighted by atomic mass is 19.1. The van der Waals surface area contributed by atoms with Gasteiger partial charge in [-0.3, -0.25) is 19.0 Å². The molecule has 1 aliphatic carbocycles. The molecule has 1 saturated carbocycles. The minimum Gasteiger partial charge on any atom is -0.373 e. The van der Waals surface area contributed by atoms with E-state index in [1.54, 1.807) is 4.57 Å². The number of hydrogen-bond acceptors (Lipinski definition) is 5. The maximum atomic E-state index is 14.9. The Hall–Kier alpha value is -3.46. The molecule has 0 N–H and O–H groups in total. The quantitative estimate of drug-likeness (QED) is 0.410. The molecule has 4 aromatic rings. The van der Waals surface area contributed by atoms with Gasteiger partial charge in [0.1, 0.15) is 23.0 Å². The second-order valence-electron chi connectivity index (χ2n) is 10.1. The fourth-order valence-electron chi connectivity index (χ4n) is 5.54. The van der Waals surface area contributed by atoms with Crippen LogP contribution in [0.3, 0.4) is 0 Å². The normalized spacial score (nSPS) is 21.7. The summed E-state index contributed by atoms with van der Waals surface area (Å²) in [5.74, 6) is -0.688. The van der Waals surface area contributed by atoms with Gasteiger partial charge in [-0.15, -0.1) is 0 Å². The Labute approximate surface area is 205 Å². The molecule has 3 aliphatic rings. The molecule has 7 rings (SSSR count). The van der Waals surface area contributed by atoms with E-state index in [9.17, 15) is 13.6 Å². The summed E-state index contributed by atoms with van der Waals surface area (Å²) >= 11 is 0. The zero-order chi connectivity index (χ0) is 24.4.